The summed E-state index contributed by atoms with van der Waals surface area (Å²) < 4.78 is 0. The predicted octanol–water partition coefficient (Wildman–Crippen LogP) is 0.481. The lowest BCUT2D eigenvalue weighted by Gasteiger charge is -2.11. The van der Waals surface area contributed by atoms with Crippen LogP contribution in [0.3, 0.4) is 0 Å². The molecule has 0 unspecified atom stereocenters. The van der Waals surface area contributed by atoms with Gasteiger partial charge < -0.3 is 11.1 Å². The highest BCUT2D eigenvalue weighted by atomic mass is 35.5. The molecule has 1 aromatic heterocycles. The number of nitrogens with one attached hydrogen (secondary N) is 2. The number of hydrogen-bond acceptors (Lipinski definition) is 3. The van der Waals surface area contributed by atoms with Gasteiger partial charge in [0.25, 0.3) is 0 Å². The molecule has 1 aromatic rings. The van der Waals surface area contributed by atoms with Crippen molar-refractivity contribution in [3.05, 3.63) is 11.3 Å². The fraction of sp³-hybridized carbons (Fsp3) is 0.500. The Hall–Kier alpha value is -0.450. The predicted molar refractivity (Wildman–Crippen MR) is 52.9 cm³/mol. The number of fused-ring (bicyclic) bond motifs is 1. The van der Waals surface area contributed by atoms with E-state index in [1.165, 1.54) is 5.69 Å². The van der Waals surface area contributed by atoms with Gasteiger partial charge in [-0.2, -0.15) is 5.10 Å². The maximum Gasteiger partial charge on any atom is 0.149 e. The lowest BCUT2D eigenvalue weighted by Crippen LogP contribution is -2.23. The van der Waals surface area contributed by atoms with Crippen LogP contribution in [0.15, 0.2) is 0 Å². The Morgan fingerprint density at radius 2 is 2.08 bits per heavy atom. The molecule has 0 fully saturated rings. The van der Waals surface area contributed by atoms with Gasteiger partial charge in [0.05, 0.1) is 0 Å². The van der Waals surface area contributed by atoms with Gasteiger partial charge in [-0.1, -0.05) is 0 Å². The Balaban J connectivity index is 0.000000605. The molecule has 0 aromatic carbocycles. The van der Waals surface area contributed by atoms with E-state index in [4.69, 9.17) is 5.73 Å². The van der Waals surface area contributed by atoms with Crippen LogP contribution in [0.5, 0.6) is 0 Å². The van der Waals surface area contributed by atoms with Crippen molar-refractivity contribution < 1.29 is 0 Å². The van der Waals surface area contributed by atoms with E-state index in [1.54, 1.807) is 0 Å². The number of H-pyrrole nitrogens is 1. The van der Waals surface area contributed by atoms with E-state index in [0.29, 0.717) is 5.82 Å². The monoisotopic (exact) mass is 210 g/mol. The Morgan fingerprint density at radius 1 is 1.33 bits per heavy atom. The largest absolute Gasteiger partial charge is 0.382 e. The van der Waals surface area contributed by atoms with Crippen molar-refractivity contribution in [1.82, 2.24) is 15.5 Å². The molecule has 0 amide bonds. The maximum absolute atomic E-state index is 5.58. The van der Waals surface area contributed by atoms with E-state index in [0.717, 1.165) is 25.1 Å². The van der Waals surface area contributed by atoms with Crippen molar-refractivity contribution in [2.45, 2.75) is 13.0 Å². The van der Waals surface area contributed by atoms with E-state index in [2.05, 4.69) is 15.5 Å². The number of aromatic nitrogens is 2. The van der Waals surface area contributed by atoms with Crippen LogP contribution in [0, 0.1) is 0 Å². The third-order valence-electron chi connectivity index (χ3n) is 1.84. The molecule has 1 aliphatic heterocycles. The first-order chi connectivity index (χ1) is 4.88. The molecule has 0 spiro atoms. The quantitative estimate of drug-likeness (QED) is 0.584. The second-order valence-corrected chi connectivity index (χ2v) is 2.49. The molecule has 0 saturated carbocycles. The van der Waals surface area contributed by atoms with E-state index >= 15 is 0 Å². The number of nitrogens with two attached hydrogens (primary N) is 1. The first-order valence-electron chi connectivity index (χ1n) is 3.40. The molecule has 0 atom stereocenters. The Labute approximate surface area is 83.1 Å². The van der Waals surface area contributed by atoms with Crippen LogP contribution in [0.1, 0.15) is 11.3 Å². The van der Waals surface area contributed by atoms with Crippen molar-refractivity contribution in [1.29, 1.82) is 0 Å². The zero-order valence-corrected chi connectivity index (χ0v) is 8.10. The molecule has 70 valence electrons. The molecule has 0 saturated heterocycles. The van der Waals surface area contributed by atoms with Gasteiger partial charge in [-0.25, -0.2) is 0 Å². The molecule has 6 heteroatoms. The van der Waals surface area contributed by atoms with Gasteiger partial charge in [0.1, 0.15) is 5.82 Å². The number of nitrogens with zero attached hydrogens (tertiary/aromatic N) is 1. The van der Waals surface area contributed by atoms with Crippen molar-refractivity contribution in [3.8, 4) is 0 Å². The molecule has 4 N–H and O–H groups in total. The van der Waals surface area contributed by atoms with Crippen molar-refractivity contribution >= 4 is 30.6 Å². The summed E-state index contributed by atoms with van der Waals surface area (Å²) in [6, 6.07) is 0. The van der Waals surface area contributed by atoms with E-state index in [-0.39, 0.29) is 24.8 Å². The molecule has 2 rings (SSSR count). The molecule has 4 nitrogen and oxygen atoms in total. The highest BCUT2D eigenvalue weighted by Crippen LogP contribution is 2.15. The average molecular weight is 211 g/mol. The van der Waals surface area contributed by atoms with E-state index in [1.807, 2.05) is 0 Å². The van der Waals surface area contributed by atoms with Crippen LogP contribution in [0.4, 0.5) is 5.82 Å². The molecular formula is C6H12Cl2N4. The summed E-state index contributed by atoms with van der Waals surface area (Å²) >= 11 is 0. The highest BCUT2D eigenvalue weighted by molar-refractivity contribution is 5.85. The fourth-order valence-corrected chi connectivity index (χ4v) is 1.25. The number of rotatable bonds is 0. The lowest BCUT2D eigenvalue weighted by molar-refractivity contribution is 0.637. The SMILES string of the molecule is Cl.Cl.Nc1n[nH]c2c1CNCC2. The standard InChI is InChI=1S/C6H10N4.2ClH/c7-6-4-3-8-2-1-5(4)9-10-6;;/h8H,1-3H2,(H3,7,9,10);2*1H. The number of nitrogen functional groups attached to an aromatic ring is 1. The number of halogens is 2. The van der Waals surface area contributed by atoms with Gasteiger partial charge in [-0.05, 0) is 0 Å². The fourth-order valence-electron chi connectivity index (χ4n) is 1.25. The molecule has 0 aliphatic carbocycles. The third kappa shape index (κ3) is 1.83. The van der Waals surface area contributed by atoms with E-state index < -0.39 is 0 Å². The zero-order valence-electron chi connectivity index (χ0n) is 6.46. The summed E-state index contributed by atoms with van der Waals surface area (Å²) in [6.07, 6.45) is 1.01. The zero-order chi connectivity index (χ0) is 6.97. The lowest BCUT2D eigenvalue weighted by atomic mass is 10.1. The van der Waals surface area contributed by atoms with Crippen molar-refractivity contribution in [2.75, 3.05) is 12.3 Å². The second kappa shape index (κ2) is 4.54. The summed E-state index contributed by atoms with van der Waals surface area (Å²) in [4.78, 5) is 0. The Bertz CT molecular complexity index is 248. The summed E-state index contributed by atoms with van der Waals surface area (Å²) in [5.41, 5.74) is 7.91. The van der Waals surface area contributed by atoms with Gasteiger partial charge in [-0.15, -0.1) is 24.8 Å². The average Bonchev–Trinajstić information content (AvgIpc) is 2.34. The number of hydrogen-bond donors (Lipinski definition) is 3. The van der Waals surface area contributed by atoms with Crippen LogP contribution in [0.25, 0.3) is 0 Å². The van der Waals surface area contributed by atoms with Gasteiger partial charge in [-0.3, -0.25) is 5.10 Å². The van der Waals surface area contributed by atoms with Gasteiger partial charge >= 0.3 is 0 Å². The smallest absolute Gasteiger partial charge is 0.149 e. The first kappa shape index (κ1) is 11.6. The molecular weight excluding hydrogens is 199 g/mol. The topological polar surface area (TPSA) is 66.7 Å². The van der Waals surface area contributed by atoms with E-state index in [9.17, 15) is 0 Å². The number of anilines is 1. The summed E-state index contributed by atoms with van der Waals surface area (Å²) in [5, 5.41) is 10.0. The molecule has 12 heavy (non-hydrogen) atoms. The van der Waals surface area contributed by atoms with Gasteiger partial charge in [0.2, 0.25) is 0 Å². The Kier molecular flexibility index (Phi) is 4.37. The van der Waals surface area contributed by atoms with Crippen molar-refractivity contribution in [2.24, 2.45) is 0 Å². The van der Waals surface area contributed by atoms with Crippen LogP contribution < -0.4 is 11.1 Å². The minimum absolute atomic E-state index is 0. The van der Waals surface area contributed by atoms with Crippen LogP contribution in [-0.4, -0.2) is 16.7 Å². The van der Waals surface area contributed by atoms with Gasteiger partial charge in [0, 0.05) is 30.8 Å². The third-order valence-corrected chi connectivity index (χ3v) is 1.84. The molecule has 0 radical (unpaired) electrons. The molecule has 1 aliphatic rings. The van der Waals surface area contributed by atoms with Gasteiger partial charge in [0.15, 0.2) is 0 Å². The summed E-state index contributed by atoms with van der Waals surface area (Å²) in [5.74, 6) is 0.641. The normalized spacial score (nSPS) is 14.0. The van der Waals surface area contributed by atoms with Crippen LogP contribution in [0.2, 0.25) is 0 Å². The minimum atomic E-state index is 0. The van der Waals surface area contributed by atoms with Crippen molar-refractivity contribution in [3.63, 3.8) is 0 Å². The Morgan fingerprint density at radius 3 is 2.75 bits per heavy atom. The molecule has 2 heterocycles. The molecule has 0 bridgehead atoms. The highest BCUT2D eigenvalue weighted by Gasteiger charge is 2.13. The second-order valence-electron chi connectivity index (χ2n) is 2.49. The van der Waals surface area contributed by atoms with Crippen LogP contribution >= 0.6 is 24.8 Å². The maximum atomic E-state index is 5.58. The number of aromatic amines is 1. The summed E-state index contributed by atoms with van der Waals surface area (Å²) in [6.45, 7) is 1.88. The van der Waals surface area contributed by atoms with Crippen LogP contribution in [-0.2, 0) is 13.0 Å². The first-order valence-corrected chi connectivity index (χ1v) is 3.40. The minimum Gasteiger partial charge on any atom is -0.382 e. The summed E-state index contributed by atoms with van der Waals surface area (Å²) in [7, 11) is 0.